The van der Waals surface area contributed by atoms with Crippen molar-refractivity contribution in [2.45, 2.75) is 45.3 Å². The van der Waals surface area contributed by atoms with Crippen LogP contribution in [-0.2, 0) is 6.54 Å². The molecule has 3 heterocycles. The number of benzene rings is 1. The van der Waals surface area contributed by atoms with E-state index < -0.39 is 5.60 Å². The summed E-state index contributed by atoms with van der Waals surface area (Å²) < 4.78 is 7.24. The number of hydrogen-bond donors (Lipinski definition) is 3. The van der Waals surface area contributed by atoms with Crippen molar-refractivity contribution < 1.29 is 14.6 Å². The van der Waals surface area contributed by atoms with E-state index in [1.54, 1.807) is 51.1 Å². The van der Waals surface area contributed by atoms with Gasteiger partial charge in [-0.25, -0.2) is 19.6 Å². The van der Waals surface area contributed by atoms with Crippen molar-refractivity contribution in [3.8, 4) is 17.0 Å². The molecule has 0 bridgehead atoms. The van der Waals surface area contributed by atoms with Gasteiger partial charge >= 0.3 is 0 Å². The van der Waals surface area contributed by atoms with Crippen LogP contribution in [0.2, 0.25) is 0 Å². The van der Waals surface area contributed by atoms with Gasteiger partial charge in [-0.3, -0.25) is 4.79 Å². The Morgan fingerprint density at radius 2 is 1.97 bits per heavy atom. The molecule has 10 nitrogen and oxygen atoms in total. The van der Waals surface area contributed by atoms with Crippen LogP contribution in [0, 0.1) is 0 Å². The highest BCUT2D eigenvalue weighted by Gasteiger charge is 2.17. The maximum atomic E-state index is 11.9. The van der Waals surface area contributed by atoms with Gasteiger partial charge in [0.2, 0.25) is 0 Å². The summed E-state index contributed by atoms with van der Waals surface area (Å²) in [6.45, 7) is 6.66. The van der Waals surface area contributed by atoms with Crippen LogP contribution in [0.15, 0.2) is 49.1 Å². The summed E-state index contributed by atoms with van der Waals surface area (Å²) in [5, 5.41) is 21.4. The zero-order chi connectivity index (χ0) is 26.6. The highest BCUT2D eigenvalue weighted by molar-refractivity contribution is 5.94. The molecular weight excluding hydrogens is 470 g/mol. The number of methoxy groups -OCH3 is 1. The Balaban J connectivity index is 1.42. The summed E-state index contributed by atoms with van der Waals surface area (Å²) in [5.74, 6) is 1.48. The average molecular weight is 504 g/mol. The molecule has 1 unspecified atom stereocenters. The summed E-state index contributed by atoms with van der Waals surface area (Å²) in [6, 6.07) is 9.42. The fourth-order valence-electron chi connectivity index (χ4n) is 4.18. The standard InChI is InChI=1S/C27H33N7O3/c1-17(21-7-6-18(26(35)28-4)11-23(21)37-5)8-9-29-24-12-22(31-16-32-24)19-10-20-14-33-34(15-27(2,3)36)25(20)30-13-19/h6-7,10-14,16-17,36H,8-9,15H2,1-5H3,(H,28,35)(H,29,31,32). The second-order valence-corrected chi connectivity index (χ2v) is 9.69. The van der Waals surface area contributed by atoms with E-state index in [9.17, 15) is 9.90 Å². The van der Waals surface area contributed by atoms with E-state index in [1.807, 2.05) is 24.3 Å². The predicted octanol–water partition coefficient (Wildman–Crippen LogP) is 3.63. The van der Waals surface area contributed by atoms with Crippen LogP contribution < -0.4 is 15.4 Å². The SMILES string of the molecule is CNC(=O)c1ccc(C(C)CCNc2cc(-c3cnc4c(cnn4CC(C)(C)O)c3)ncn2)c(OC)c1. The largest absolute Gasteiger partial charge is 0.496 e. The molecule has 0 radical (unpaired) electrons. The molecule has 0 saturated carbocycles. The van der Waals surface area contributed by atoms with Gasteiger partial charge in [0.05, 0.1) is 31.1 Å². The number of aromatic nitrogens is 5. The lowest BCUT2D eigenvalue weighted by atomic mass is 9.95. The molecule has 3 aromatic heterocycles. The fraction of sp³-hybridized carbons (Fsp3) is 0.370. The average Bonchev–Trinajstić information content (AvgIpc) is 3.28. The van der Waals surface area contributed by atoms with Crippen molar-refractivity contribution in [2.75, 3.05) is 26.0 Å². The monoisotopic (exact) mass is 503 g/mol. The molecule has 0 fully saturated rings. The van der Waals surface area contributed by atoms with Gasteiger partial charge in [0.1, 0.15) is 17.9 Å². The van der Waals surface area contributed by atoms with Crippen molar-refractivity contribution in [2.24, 2.45) is 0 Å². The highest BCUT2D eigenvalue weighted by Crippen LogP contribution is 2.30. The Morgan fingerprint density at radius 1 is 1.16 bits per heavy atom. The zero-order valence-electron chi connectivity index (χ0n) is 21.8. The molecule has 10 heteroatoms. The molecule has 0 aliphatic carbocycles. The molecule has 4 aromatic rings. The van der Waals surface area contributed by atoms with Crippen molar-refractivity contribution in [1.82, 2.24) is 30.0 Å². The summed E-state index contributed by atoms with van der Waals surface area (Å²) in [7, 11) is 3.22. The van der Waals surface area contributed by atoms with Crippen LogP contribution in [0.4, 0.5) is 5.82 Å². The molecule has 1 atom stereocenters. The summed E-state index contributed by atoms with van der Waals surface area (Å²) in [5.41, 5.74) is 3.05. The van der Waals surface area contributed by atoms with E-state index in [2.05, 4.69) is 37.6 Å². The van der Waals surface area contributed by atoms with Crippen molar-refractivity contribution in [1.29, 1.82) is 0 Å². The Morgan fingerprint density at radius 3 is 2.70 bits per heavy atom. The van der Waals surface area contributed by atoms with Crippen LogP contribution in [0.25, 0.3) is 22.3 Å². The predicted molar refractivity (Wildman–Crippen MR) is 143 cm³/mol. The first-order valence-electron chi connectivity index (χ1n) is 12.2. The third kappa shape index (κ3) is 6.21. The normalized spacial score (nSPS) is 12.4. The smallest absolute Gasteiger partial charge is 0.251 e. The molecule has 37 heavy (non-hydrogen) atoms. The van der Waals surface area contributed by atoms with Crippen LogP contribution in [0.5, 0.6) is 5.75 Å². The molecule has 194 valence electrons. The first-order valence-corrected chi connectivity index (χ1v) is 12.2. The number of hydrogen-bond acceptors (Lipinski definition) is 8. The summed E-state index contributed by atoms with van der Waals surface area (Å²) in [6.07, 6.45) is 5.87. The Bertz CT molecular complexity index is 1390. The molecule has 1 aromatic carbocycles. The Hall–Kier alpha value is -4.05. The number of carbonyl (C=O) groups is 1. The van der Waals surface area contributed by atoms with Crippen LogP contribution in [0.1, 0.15) is 49.0 Å². The molecule has 4 rings (SSSR count). The Labute approximate surface area is 216 Å². The number of amides is 1. The van der Waals surface area contributed by atoms with E-state index >= 15 is 0 Å². The summed E-state index contributed by atoms with van der Waals surface area (Å²) >= 11 is 0. The highest BCUT2D eigenvalue weighted by atomic mass is 16.5. The first kappa shape index (κ1) is 26.0. The molecule has 1 amide bonds. The van der Waals surface area contributed by atoms with Crippen LogP contribution in [-0.4, -0.2) is 62.0 Å². The number of rotatable bonds is 10. The van der Waals surface area contributed by atoms with Gasteiger partial charge in [-0.15, -0.1) is 0 Å². The maximum Gasteiger partial charge on any atom is 0.251 e. The summed E-state index contributed by atoms with van der Waals surface area (Å²) in [4.78, 5) is 25.3. The number of pyridine rings is 1. The van der Waals surface area contributed by atoms with Gasteiger partial charge in [0.15, 0.2) is 5.65 Å². The van der Waals surface area contributed by atoms with Gasteiger partial charge in [-0.1, -0.05) is 13.0 Å². The van der Waals surface area contributed by atoms with Gasteiger partial charge < -0.3 is 20.5 Å². The second-order valence-electron chi connectivity index (χ2n) is 9.69. The fourth-order valence-corrected chi connectivity index (χ4v) is 4.18. The van der Waals surface area contributed by atoms with Gasteiger partial charge in [-0.2, -0.15) is 5.10 Å². The third-order valence-corrected chi connectivity index (χ3v) is 6.11. The number of carbonyl (C=O) groups excluding carboxylic acids is 1. The van der Waals surface area contributed by atoms with E-state index in [0.29, 0.717) is 30.0 Å². The van der Waals surface area contributed by atoms with Crippen LogP contribution >= 0.6 is 0 Å². The molecule has 3 N–H and O–H groups in total. The maximum absolute atomic E-state index is 11.9. The quantitative estimate of drug-likeness (QED) is 0.299. The van der Waals surface area contributed by atoms with E-state index in [1.165, 1.54) is 6.33 Å². The number of fused-ring (bicyclic) bond motifs is 1. The number of aliphatic hydroxyl groups is 1. The van der Waals surface area contributed by atoms with Crippen molar-refractivity contribution >= 4 is 22.8 Å². The van der Waals surface area contributed by atoms with E-state index in [4.69, 9.17) is 4.74 Å². The molecule has 0 saturated heterocycles. The van der Waals surface area contributed by atoms with E-state index in [0.717, 1.165) is 34.4 Å². The van der Waals surface area contributed by atoms with Crippen LogP contribution in [0.3, 0.4) is 0 Å². The van der Waals surface area contributed by atoms with Gasteiger partial charge in [0.25, 0.3) is 5.91 Å². The lowest BCUT2D eigenvalue weighted by molar-refractivity contribution is 0.0589. The topological polar surface area (TPSA) is 127 Å². The van der Waals surface area contributed by atoms with Gasteiger partial charge in [-0.05, 0) is 49.9 Å². The zero-order valence-corrected chi connectivity index (χ0v) is 21.8. The molecular formula is C27H33N7O3. The number of ether oxygens (including phenoxy) is 1. The van der Waals surface area contributed by atoms with Crippen molar-refractivity contribution in [3.63, 3.8) is 0 Å². The number of nitrogens with one attached hydrogen (secondary N) is 2. The van der Waals surface area contributed by atoms with E-state index in [-0.39, 0.29) is 11.8 Å². The minimum Gasteiger partial charge on any atom is -0.496 e. The lowest BCUT2D eigenvalue weighted by Gasteiger charge is -2.17. The lowest BCUT2D eigenvalue weighted by Crippen LogP contribution is -2.26. The third-order valence-electron chi connectivity index (χ3n) is 6.11. The molecule has 0 spiro atoms. The molecule has 0 aliphatic heterocycles. The minimum atomic E-state index is -0.885. The number of nitrogens with zero attached hydrogens (tertiary/aromatic N) is 5. The first-order chi connectivity index (χ1) is 17.7. The molecule has 0 aliphatic rings. The minimum absolute atomic E-state index is 0.143. The number of anilines is 1. The Kier molecular flexibility index (Phi) is 7.68. The second kappa shape index (κ2) is 10.9. The van der Waals surface area contributed by atoms with Gasteiger partial charge in [0, 0.05) is 42.4 Å². The van der Waals surface area contributed by atoms with Crippen molar-refractivity contribution in [3.05, 3.63) is 60.2 Å².